The van der Waals surface area contributed by atoms with Crippen molar-refractivity contribution >= 4 is 5.91 Å². The highest BCUT2D eigenvalue weighted by Crippen LogP contribution is 2.34. The monoisotopic (exact) mass is 414 g/mol. The van der Waals surface area contributed by atoms with E-state index in [0.717, 1.165) is 69.2 Å². The Labute approximate surface area is 176 Å². The Kier molecular flexibility index (Phi) is 6.91. The Morgan fingerprint density at radius 2 is 2.13 bits per heavy atom. The number of hydrogen-bond acceptors (Lipinski definition) is 7. The number of ether oxygens (including phenoxy) is 2. The van der Waals surface area contributed by atoms with Crippen molar-refractivity contribution in [2.45, 2.75) is 44.8 Å². The van der Waals surface area contributed by atoms with Gasteiger partial charge in [0.15, 0.2) is 5.82 Å². The van der Waals surface area contributed by atoms with Crippen LogP contribution in [0.15, 0.2) is 24.3 Å². The summed E-state index contributed by atoms with van der Waals surface area (Å²) in [4.78, 5) is 17.2. The quantitative estimate of drug-likeness (QED) is 0.649. The van der Waals surface area contributed by atoms with E-state index in [1.165, 1.54) is 0 Å². The molecule has 1 amide bonds. The van der Waals surface area contributed by atoms with Gasteiger partial charge in [-0.25, -0.2) is 4.68 Å². The van der Waals surface area contributed by atoms with Crippen molar-refractivity contribution in [3.05, 3.63) is 35.7 Å². The van der Waals surface area contributed by atoms with Crippen molar-refractivity contribution in [3.8, 4) is 5.75 Å². The number of nitrogens with zero attached hydrogens (tertiary/aromatic N) is 6. The lowest BCUT2D eigenvalue weighted by Crippen LogP contribution is -2.36. The molecular formula is C21H30N6O3. The number of carbonyl (C=O) groups excluding carboxylic acids is 1. The topological polar surface area (TPSA) is 85.6 Å². The lowest BCUT2D eigenvalue weighted by atomic mass is 10.0. The second-order valence-corrected chi connectivity index (χ2v) is 7.83. The molecule has 0 radical (unpaired) electrons. The van der Waals surface area contributed by atoms with Crippen LogP contribution in [0.5, 0.6) is 5.75 Å². The average molecular weight is 415 g/mol. The minimum absolute atomic E-state index is 0.137. The number of aromatic nitrogens is 4. The molecule has 0 aliphatic carbocycles. The van der Waals surface area contributed by atoms with Crippen LogP contribution in [0.2, 0.25) is 0 Å². The van der Waals surface area contributed by atoms with Crippen LogP contribution in [0, 0.1) is 0 Å². The van der Waals surface area contributed by atoms with Crippen molar-refractivity contribution in [2.75, 3.05) is 40.0 Å². The maximum atomic E-state index is 12.9. The number of methoxy groups -OCH3 is 1. The van der Waals surface area contributed by atoms with Crippen LogP contribution in [0.4, 0.5) is 0 Å². The van der Waals surface area contributed by atoms with E-state index in [1.807, 2.05) is 27.8 Å². The molecule has 3 heterocycles. The number of likely N-dealkylation sites (tertiary alicyclic amines) is 1. The zero-order valence-electron chi connectivity index (χ0n) is 17.6. The summed E-state index contributed by atoms with van der Waals surface area (Å²) in [6, 6.07) is 8.18. The standard InChI is InChI=1S/C21H30N6O3/c1-29-18-6-2-5-17(15-18)19-7-3-9-26(19)21(28)8-4-10-27-20(22-23-24-27)16-25-11-13-30-14-12-25/h2,5-6,15,19H,3-4,7-14,16H2,1H3. The van der Waals surface area contributed by atoms with Gasteiger partial charge in [-0.2, -0.15) is 0 Å². The van der Waals surface area contributed by atoms with E-state index < -0.39 is 0 Å². The van der Waals surface area contributed by atoms with Crippen molar-refractivity contribution in [1.82, 2.24) is 30.0 Å². The number of carbonyl (C=O) groups is 1. The minimum atomic E-state index is 0.137. The van der Waals surface area contributed by atoms with Gasteiger partial charge in [0.05, 0.1) is 32.9 Å². The van der Waals surface area contributed by atoms with Crippen LogP contribution in [0.25, 0.3) is 0 Å². The molecule has 2 saturated heterocycles. The van der Waals surface area contributed by atoms with Gasteiger partial charge in [-0.1, -0.05) is 12.1 Å². The molecule has 0 saturated carbocycles. The van der Waals surface area contributed by atoms with Gasteiger partial charge in [-0.3, -0.25) is 9.69 Å². The van der Waals surface area contributed by atoms with Crippen LogP contribution < -0.4 is 4.74 Å². The first-order chi connectivity index (χ1) is 14.7. The Balaban J connectivity index is 1.30. The summed E-state index contributed by atoms with van der Waals surface area (Å²) in [6.07, 6.45) is 3.25. The number of rotatable bonds is 8. The summed E-state index contributed by atoms with van der Waals surface area (Å²) in [5.41, 5.74) is 1.15. The van der Waals surface area contributed by atoms with Crippen molar-refractivity contribution in [1.29, 1.82) is 0 Å². The molecule has 4 rings (SSSR count). The van der Waals surface area contributed by atoms with E-state index in [1.54, 1.807) is 7.11 Å². The highest BCUT2D eigenvalue weighted by Gasteiger charge is 2.29. The van der Waals surface area contributed by atoms with E-state index in [4.69, 9.17) is 9.47 Å². The van der Waals surface area contributed by atoms with Gasteiger partial charge in [0.2, 0.25) is 5.91 Å². The number of benzene rings is 1. The second kappa shape index (κ2) is 9.99. The predicted molar refractivity (Wildman–Crippen MR) is 110 cm³/mol. The minimum Gasteiger partial charge on any atom is -0.497 e. The van der Waals surface area contributed by atoms with E-state index in [9.17, 15) is 4.79 Å². The van der Waals surface area contributed by atoms with Gasteiger partial charge in [0.25, 0.3) is 0 Å². The van der Waals surface area contributed by atoms with Crippen molar-refractivity contribution < 1.29 is 14.3 Å². The molecule has 2 fully saturated rings. The highest BCUT2D eigenvalue weighted by atomic mass is 16.5. The number of tetrazole rings is 1. The van der Waals surface area contributed by atoms with Gasteiger partial charge in [0, 0.05) is 32.6 Å². The summed E-state index contributed by atoms with van der Waals surface area (Å²) >= 11 is 0. The van der Waals surface area contributed by atoms with E-state index in [2.05, 4.69) is 26.5 Å². The molecule has 30 heavy (non-hydrogen) atoms. The van der Waals surface area contributed by atoms with Crippen molar-refractivity contribution in [2.24, 2.45) is 0 Å². The maximum absolute atomic E-state index is 12.9. The fraction of sp³-hybridized carbons (Fsp3) is 0.619. The summed E-state index contributed by atoms with van der Waals surface area (Å²) < 4.78 is 12.6. The van der Waals surface area contributed by atoms with Crippen molar-refractivity contribution in [3.63, 3.8) is 0 Å². The first kappa shape index (κ1) is 20.7. The summed E-state index contributed by atoms with van der Waals surface area (Å²) in [6.45, 7) is 5.47. The smallest absolute Gasteiger partial charge is 0.223 e. The lowest BCUT2D eigenvalue weighted by Gasteiger charge is -2.26. The molecule has 9 heteroatoms. The van der Waals surface area contributed by atoms with Gasteiger partial charge < -0.3 is 14.4 Å². The number of aryl methyl sites for hydroxylation is 1. The molecule has 0 bridgehead atoms. The maximum Gasteiger partial charge on any atom is 0.223 e. The molecule has 2 aliphatic rings. The lowest BCUT2D eigenvalue weighted by molar-refractivity contribution is -0.132. The summed E-state index contributed by atoms with van der Waals surface area (Å²) in [5.74, 6) is 1.88. The Hall–Kier alpha value is -2.52. The third kappa shape index (κ3) is 4.96. The predicted octanol–water partition coefficient (Wildman–Crippen LogP) is 1.66. The normalized spacial score (nSPS) is 19.9. The first-order valence-electron chi connectivity index (χ1n) is 10.7. The fourth-order valence-corrected chi connectivity index (χ4v) is 4.25. The molecule has 162 valence electrons. The van der Waals surface area contributed by atoms with Crippen LogP contribution in [-0.4, -0.2) is 75.9 Å². The van der Waals surface area contributed by atoms with Crippen LogP contribution in [0.1, 0.15) is 43.1 Å². The largest absolute Gasteiger partial charge is 0.497 e. The van der Waals surface area contributed by atoms with E-state index in [0.29, 0.717) is 19.5 Å². The number of hydrogen-bond donors (Lipinski definition) is 0. The third-order valence-electron chi connectivity index (χ3n) is 5.89. The molecule has 1 aromatic carbocycles. The highest BCUT2D eigenvalue weighted by molar-refractivity contribution is 5.77. The van der Waals surface area contributed by atoms with Gasteiger partial charge in [-0.15, -0.1) is 5.10 Å². The zero-order chi connectivity index (χ0) is 20.8. The Bertz CT molecular complexity index is 836. The molecule has 1 aromatic heterocycles. The average Bonchev–Trinajstić information content (AvgIpc) is 3.44. The van der Waals surface area contributed by atoms with Crippen LogP contribution in [-0.2, 0) is 22.6 Å². The second-order valence-electron chi connectivity index (χ2n) is 7.83. The molecule has 2 aromatic rings. The molecule has 0 N–H and O–H groups in total. The third-order valence-corrected chi connectivity index (χ3v) is 5.89. The molecule has 2 aliphatic heterocycles. The number of morpholine rings is 1. The van der Waals surface area contributed by atoms with Gasteiger partial charge >= 0.3 is 0 Å². The number of amides is 1. The first-order valence-corrected chi connectivity index (χ1v) is 10.7. The van der Waals surface area contributed by atoms with E-state index in [-0.39, 0.29) is 11.9 Å². The Morgan fingerprint density at radius 3 is 2.97 bits per heavy atom. The SMILES string of the molecule is COc1cccc(C2CCCN2C(=O)CCCn2nnnc2CN2CCOCC2)c1. The molecule has 0 spiro atoms. The van der Waals surface area contributed by atoms with Gasteiger partial charge in [-0.05, 0) is 47.4 Å². The Morgan fingerprint density at radius 1 is 1.27 bits per heavy atom. The molecule has 9 nitrogen and oxygen atoms in total. The molecule has 1 atom stereocenters. The zero-order valence-corrected chi connectivity index (χ0v) is 17.6. The molecular weight excluding hydrogens is 384 g/mol. The summed E-state index contributed by atoms with van der Waals surface area (Å²) in [7, 11) is 1.67. The summed E-state index contributed by atoms with van der Waals surface area (Å²) in [5, 5.41) is 12.1. The molecule has 1 unspecified atom stereocenters. The fourth-order valence-electron chi connectivity index (χ4n) is 4.25. The van der Waals surface area contributed by atoms with Crippen LogP contribution in [0.3, 0.4) is 0 Å². The van der Waals surface area contributed by atoms with Crippen LogP contribution >= 0.6 is 0 Å². The van der Waals surface area contributed by atoms with E-state index >= 15 is 0 Å². The van der Waals surface area contributed by atoms with Gasteiger partial charge in [0.1, 0.15) is 5.75 Å².